The average Bonchev–Trinajstić information content (AvgIpc) is 2.82. The van der Waals surface area contributed by atoms with Crippen molar-refractivity contribution in [3.63, 3.8) is 0 Å². The second kappa shape index (κ2) is 6.62. The predicted octanol–water partition coefficient (Wildman–Crippen LogP) is 0.386. The van der Waals surface area contributed by atoms with Crippen LogP contribution in [0.1, 0.15) is 38.5 Å². The Labute approximate surface area is 127 Å². The minimum absolute atomic E-state index is 0.146. The van der Waals surface area contributed by atoms with Gasteiger partial charge in [-0.15, -0.1) is 0 Å². The Bertz CT molecular complexity index is 472. The van der Waals surface area contributed by atoms with Crippen molar-refractivity contribution in [3.05, 3.63) is 0 Å². The lowest BCUT2D eigenvalue weighted by atomic mass is 9.98. The Morgan fingerprint density at radius 1 is 1.24 bits per heavy atom. The van der Waals surface area contributed by atoms with E-state index in [4.69, 9.17) is 5.73 Å². The third-order valence-corrected chi connectivity index (χ3v) is 6.29. The number of amides is 1. The largest absolute Gasteiger partial charge is 0.343 e. The van der Waals surface area contributed by atoms with Crippen molar-refractivity contribution in [2.75, 3.05) is 26.4 Å². The van der Waals surface area contributed by atoms with Gasteiger partial charge in [-0.25, -0.2) is 12.7 Å². The lowest BCUT2D eigenvalue weighted by Gasteiger charge is -2.36. The number of nitrogens with zero attached hydrogens (tertiary/aromatic N) is 2. The van der Waals surface area contributed by atoms with Crippen LogP contribution in [-0.2, 0) is 14.8 Å². The van der Waals surface area contributed by atoms with Crippen molar-refractivity contribution >= 4 is 15.9 Å². The van der Waals surface area contributed by atoms with Gasteiger partial charge < -0.3 is 10.6 Å². The van der Waals surface area contributed by atoms with E-state index in [-0.39, 0.29) is 18.0 Å². The minimum atomic E-state index is -3.11. The van der Waals surface area contributed by atoms with Crippen LogP contribution < -0.4 is 5.73 Å². The molecule has 2 rings (SSSR count). The first-order valence-electron chi connectivity index (χ1n) is 7.75. The molecular formula is C14H27N3O3S. The summed E-state index contributed by atoms with van der Waals surface area (Å²) in [5.74, 6) is 0.464. The molecule has 21 heavy (non-hydrogen) atoms. The maximum absolute atomic E-state index is 12.4. The van der Waals surface area contributed by atoms with Crippen LogP contribution in [0.5, 0.6) is 0 Å². The highest BCUT2D eigenvalue weighted by Gasteiger charge is 2.31. The van der Waals surface area contributed by atoms with Gasteiger partial charge in [0.25, 0.3) is 0 Å². The molecule has 2 aliphatic rings. The van der Waals surface area contributed by atoms with E-state index in [0.29, 0.717) is 38.3 Å². The fourth-order valence-electron chi connectivity index (χ4n) is 3.45. The van der Waals surface area contributed by atoms with Crippen LogP contribution in [0.3, 0.4) is 0 Å². The second-order valence-corrected chi connectivity index (χ2v) is 8.44. The van der Waals surface area contributed by atoms with Gasteiger partial charge in [0.15, 0.2) is 0 Å². The Morgan fingerprint density at radius 2 is 1.86 bits per heavy atom. The third-order valence-electron chi connectivity index (χ3n) is 4.99. The predicted molar refractivity (Wildman–Crippen MR) is 82.1 cm³/mol. The minimum Gasteiger partial charge on any atom is -0.343 e. The number of rotatable bonds is 4. The Kier molecular flexibility index (Phi) is 5.27. The first kappa shape index (κ1) is 16.7. The number of hydrogen-bond acceptors (Lipinski definition) is 4. The smallest absolute Gasteiger partial charge is 0.222 e. The summed E-state index contributed by atoms with van der Waals surface area (Å²) in [7, 11) is -1.27. The van der Waals surface area contributed by atoms with Gasteiger partial charge in [0.2, 0.25) is 15.9 Å². The molecule has 1 amide bonds. The van der Waals surface area contributed by atoms with Crippen molar-refractivity contribution in [2.24, 2.45) is 11.7 Å². The lowest BCUT2D eigenvalue weighted by molar-refractivity contribution is -0.133. The maximum Gasteiger partial charge on any atom is 0.222 e. The van der Waals surface area contributed by atoms with E-state index in [1.165, 1.54) is 10.6 Å². The fraction of sp³-hybridized carbons (Fsp3) is 0.929. The molecular weight excluding hydrogens is 290 g/mol. The summed E-state index contributed by atoms with van der Waals surface area (Å²) in [5.41, 5.74) is 6.03. The first-order chi connectivity index (χ1) is 9.79. The van der Waals surface area contributed by atoms with Crippen LogP contribution >= 0.6 is 0 Å². The number of sulfonamides is 1. The summed E-state index contributed by atoms with van der Waals surface area (Å²) >= 11 is 0. The number of carbonyl (C=O) groups excluding carboxylic acids is 1. The van der Waals surface area contributed by atoms with Crippen LogP contribution in [0.25, 0.3) is 0 Å². The molecule has 0 bridgehead atoms. The molecule has 6 nitrogen and oxygen atoms in total. The molecule has 122 valence electrons. The first-order valence-corrected chi connectivity index (χ1v) is 9.60. The van der Waals surface area contributed by atoms with E-state index in [0.717, 1.165) is 19.3 Å². The van der Waals surface area contributed by atoms with E-state index in [2.05, 4.69) is 0 Å². The number of hydrogen-bond donors (Lipinski definition) is 1. The monoisotopic (exact) mass is 317 g/mol. The molecule has 0 aromatic heterocycles. The lowest BCUT2D eigenvalue weighted by Crippen LogP contribution is -2.47. The Balaban J connectivity index is 1.84. The molecule has 0 spiro atoms. The van der Waals surface area contributed by atoms with Gasteiger partial charge in [0, 0.05) is 38.6 Å². The summed E-state index contributed by atoms with van der Waals surface area (Å²) < 4.78 is 24.5. The van der Waals surface area contributed by atoms with Crippen molar-refractivity contribution in [1.29, 1.82) is 0 Å². The molecule has 0 unspecified atom stereocenters. The molecule has 7 heteroatoms. The van der Waals surface area contributed by atoms with Gasteiger partial charge in [-0.2, -0.15) is 0 Å². The second-order valence-electron chi connectivity index (χ2n) is 6.46. The van der Waals surface area contributed by atoms with Gasteiger partial charge >= 0.3 is 0 Å². The molecule has 2 atom stereocenters. The van der Waals surface area contributed by atoms with E-state index in [1.807, 2.05) is 11.9 Å². The quantitative estimate of drug-likeness (QED) is 0.813. The summed E-state index contributed by atoms with van der Waals surface area (Å²) in [6.45, 7) is 1.01. The van der Waals surface area contributed by atoms with Gasteiger partial charge in [0.1, 0.15) is 0 Å². The maximum atomic E-state index is 12.4. The molecule has 1 saturated carbocycles. The summed E-state index contributed by atoms with van der Waals surface area (Å²) in [4.78, 5) is 14.2. The van der Waals surface area contributed by atoms with Gasteiger partial charge in [0.05, 0.1) is 6.26 Å². The van der Waals surface area contributed by atoms with Crippen LogP contribution in [0.15, 0.2) is 0 Å². The highest BCUT2D eigenvalue weighted by atomic mass is 32.2. The van der Waals surface area contributed by atoms with Gasteiger partial charge in [-0.3, -0.25) is 4.79 Å². The zero-order valence-electron chi connectivity index (χ0n) is 13.0. The Morgan fingerprint density at radius 3 is 2.33 bits per heavy atom. The highest BCUT2D eigenvalue weighted by Crippen LogP contribution is 2.28. The third kappa shape index (κ3) is 4.17. The molecule has 0 aromatic rings. The zero-order valence-corrected chi connectivity index (χ0v) is 13.8. The van der Waals surface area contributed by atoms with E-state index in [1.54, 1.807) is 0 Å². The van der Waals surface area contributed by atoms with Crippen LogP contribution in [0.4, 0.5) is 0 Å². The number of nitrogens with two attached hydrogens (primary N) is 1. The Hall–Kier alpha value is -0.660. The average molecular weight is 317 g/mol. The van der Waals surface area contributed by atoms with Crippen LogP contribution in [-0.4, -0.2) is 62.0 Å². The number of piperidine rings is 1. The zero-order chi connectivity index (χ0) is 15.6. The van der Waals surface area contributed by atoms with Crippen molar-refractivity contribution < 1.29 is 13.2 Å². The van der Waals surface area contributed by atoms with Gasteiger partial charge in [-0.05, 0) is 31.6 Å². The van der Waals surface area contributed by atoms with Crippen LogP contribution in [0.2, 0.25) is 0 Å². The molecule has 1 heterocycles. The van der Waals surface area contributed by atoms with Crippen molar-refractivity contribution in [1.82, 2.24) is 9.21 Å². The molecule has 2 fully saturated rings. The van der Waals surface area contributed by atoms with Crippen molar-refractivity contribution in [2.45, 2.75) is 50.6 Å². The molecule has 1 aliphatic carbocycles. The summed E-state index contributed by atoms with van der Waals surface area (Å²) in [5, 5.41) is 0. The topological polar surface area (TPSA) is 83.7 Å². The summed E-state index contributed by atoms with van der Waals surface area (Å²) in [6.07, 6.45) is 6.39. The summed E-state index contributed by atoms with van der Waals surface area (Å²) in [6, 6.07) is 0.308. The highest BCUT2D eigenvalue weighted by molar-refractivity contribution is 7.88. The normalized spacial score (nSPS) is 28.7. The fourth-order valence-corrected chi connectivity index (χ4v) is 4.33. The molecule has 0 radical (unpaired) electrons. The standard InChI is InChI=1S/C14H27N3O3S/c1-16(14(18)10-11-4-3-5-13(11)15)12-6-8-17(9-7-12)21(2,19)20/h11-13H,3-10,15H2,1-2H3/t11-,13+/m0/s1. The van der Waals surface area contributed by atoms with E-state index < -0.39 is 10.0 Å². The SMILES string of the molecule is CN(C(=O)C[C@@H]1CCC[C@H]1N)C1CCN(S(C)(=O)=O)CC1. The number of carbonyl (C=O) groups is 1. The van der Waals surface area contributed by atoms with Gasteiger partial charge in [-0.1, -0.05) is 6.42 Å². The molecule has 0 aromatic carbocycles. The van der Waals surface area contributed by atoms with Crippen LogP contribution in [0, 0.1) is 5.92 Å². The molecule has 2 N–H and O–H groups in total. The molecule has 1 saturated heterocycles. The van der Waals surface area contributed by atoms with E-state index >= 15 is 0 Å². The van der Waals surface area contributed by atoms with E-state index in [9.17, 15) is 13.2 Å². The molecule has 1 aliphatic heterocycles. The van der Waals surface area contributed by atoms with Crippen molar-refractivity contribution in [3.8, 4) is 0 Å².